The largest absolute Gasteiger partial charge is 0.490 e. The van der Waals surface area contributed by atoms with Crippen LogP contribution < -0.4 is 14.8 Å². The molecule has 6 nitrogen and oxygen atoms in total. The smallest absolute Gasteiger partial charge is 0.262 e. The van der Waals surface area contributed by atoms with Crippen molar-refractivity contribution in [2.45, 2.75) is 13.5 Å². The zero-order chi connectivity index (χ0) is 19.5. The maximum Gasteiger partial charge on any atom is 0.262 e. The van der Waals surface area contributed by atoms with Crippen molar-refractivity contribution in [1.29, 1.82) is 10.5 Å². The van der Waals surface area contributed by atoms with Crippen molar-refractivity contribution < 1.29 is 14.3 Å². The van der Waals surface area contributed by atoms with Gasteiger partial charge in [0, 0.05) is 6.54 Å². The summed E-state index contributed by atoms with van der Waals surface area (Å²) < 4.78 is 10.8. The molecule has 0 bridgehead atoms. The maximum absolute atomic E-state index is 12.3. The van der Waals surface area contributed by atoms with Gasteiger partial charge in [0.1, 0.15) is 17.7 Å². The molecule has 136 valence electrons. The molecule has 0 aromatic heterocycles. The number of hydrogen-bond donors (Lipinski definition) is 1. The third-order valence-electron chi connectivity index (χ3n) is 3.53. The van der Waals surface area contributed by atoms with Crippen LogP contribution in [0, 0.1) is 22.7 Å². The Morgan fingerprint density at radius 1 is 1.11 bits per heavy atom. The summed E-state index contributed by atoms with van der Waals surface area (Å²) in [5.74, 6) is 0.426. The molecule has 0 spiro atoms. The number of nitrogens with one attached hydrogen (secondary N) is 1. The highest BCUT2D eigenvalue weighted by molar-refractivity contribution is 6.01. The van der Waals surface area contributed by atoms with Crippen molar-refractivity contribution in [3.05, 3.63) is 65.2 Å². The molecule has 2 rings (SSSR count). The monoisotopic (exact) mass is 361 g/mol. The number of ether oxygens (including phenoxy) is 2. The lowest BCUT2D eigenvalue weighted by atomic mass is 10.1. The van der Waals surface area contributed by atoms with Crippen molar-refractivity contribution in [1.82, 2.24) is 5.32 Å². The summed E-state index contributed by atoms with van der Waals surface area (Å²) in [6.45, 7) is 2.48. The molecule has 2 aromatic rings. The van der Waals surface area contributed by atoms with E-state index in [0.717, 1.165) is 5.56 Å². The summed E-state index contributed by atoms with van der Waals surface area (Å²) in [5, 5.41) is 20.7. The average molecular weight is 361 g/mol. The number of amides is 1. The van der Waals surface area contributed by atoms with Crippen molar-refractivity contribution >= 4 is 12.0 Å². The van der Waals surface area contributed by atoms with Crippen LogP contribution in [0.3, 0.4) is 0 Å². The molecule has 0 saturated heterocycles. The minimum absolute atomic E-state index is 0.0147. The number of nitrogens with zero attached hydrogens (tertiary/aromatic N) is 2. The number of carbonyl (C=O) groups is 1. The Morgan fingerprint density at radius 2 is 1.89 bits per heavy atom. The van der Waals surface area contributed by atoms with E-state index in [1.807, 2.05) is 49.4 Å². The molecule has 0 fully saturated rings. The highest BCUT2D eigenvalue weighted by Gasteiger charge is 2.11. The lowest BCUT2D eigenvalue weighted by molar-refractivity contribution is -0.117. The Labute approximate surface area is 158 Å². The zero-order valence-corrected chi connectivity index (χ0v) is 14.9. The predicted octanol–water partition coefficient (Wildman–Crippen LogP) is 3.21. The summed E-state index contributed by atoms with van der Waals surface area (Å²) >= 11 is 0. The van der Waals surface area contributed by atoms with E-state index in [9.17, 15) is 10.1 Å². The molecule has 1 amide bonds. The van der Waals surface area contributed by atoms with Crippen molar-refractivity contribution in [3.8, 4) is 23.6 Å². The quantitative estimate of drug-likeness (QED) is 0.575. The Bertz CT molecular complexity index is 893. The zero-order valence-electron chi connectivity index (χ0n) is 14.9. The van der Waals surface area contributed by atoms with E-state index in [2.05, 4.69) is 5.32 Å². The van der Waals surface area contributed by atoms with Crippen LogP contribution in [0.5, 0.6) is 11.5 Å². The SMILES string of the molecule is CCOc1cc(/C=C(/C#N)C(=O)NCc2ccccc2)ccc1OCC#N. The summed E-state index contributed by atoms with van der Waals surface area (Å²) in [5.41, 5.74) is 1.55. The van der Waals surface area contributed by atoms with Crippen molar-refractivity contribution in [2.24, 2.45) is 0 Å². The van der Waals surface area contributed by atoms with E-state index >= 15 is 0 Å². The van der Waals surface area contributed by atoms with Crippen molar-refractivity contribution in [2.75, 3.05) is 13.2 Å². The highest BCUT2D eigenvalue weighted by atomic mass is 16.5. The molecule has 0 heterocycles. The fourth-order valence-electron chi connectivity index (χ4n) is 2.30. The van der Waals surface area contributed by atoms with Crippen LogP contribution >= 0.6 is 0 Å². The number of hydrogen-bond acceptors (Lipinski definition) is 5. The lowest BCUT2D eigenvalue weighted by Gasteiger charge is -2.11. The highest BCUT2D eigenvalue weighted by Crippen LogP contribution is 2.29. The molecule has 0 unspecified atom stereocenters. The molecule has 0 aliphatic rings. The van der Waals surface area contributed by atoms with Gasteiger partial charge in [-0.25, -0.2) is 0 Å². The Kier molecular flexibility index (Phi) is 7.44. The third kappa shape index (κ3) is 5.91. The Hall–Kier alpha value is -3.77. The second kappa shape index (κ2) is 10.3. The van der Waals surface area contributed by atoms with Gasteiger partial charge in [-0.05, 0) is 36.3 Å². The number of benzene rings is 2. The van der Waals surface area contributed by atoms with Crippen LogP contribution in [0.25, 0.3) is 6.08 Å². The second-order valence-electron chi connectivity index (χ2n) is 5.42. The number of rotatable bonds is 8. The Morgan fingerprint density at radius 3 is 2.56 bits per heavy atom. The average Bonchev–Trinajstić information content (AvgIpc) is 2.70. The van der Waals surface area contributed by atoms with Gasteiger partial charge in [-0.15, -0.1) is 0 Å². The van der Waals surface area contributed by atoms with Gasteiger partial charge < -0.3 is 14.8 Å². The summed E-state index contributed by atoms with van der Waals surface area (Å²) in [4.78, 5) is 12.3. The van der Waals surface area contributed by atoms with Crippen LogP contribution in [0.2, 0.25) is 0 Å². The van der Waals surface area contributed by atoms with Gasteiger partial charge in [0.25, 0.3) is 5.91 Å². The van der Waals surface area contributed by atoms with Gasteiger partial charge in [-0.1, -0.05) is 36.4 Å². The standard InChI is InChI=1S/C21H19N3O3/c1-2-26-20-13-17(8-9-19(20)27-11-10-22)12-18(14-23)21(25)24-15-16-6-4-3-5-7-16/h3-9,12-13H,2,11,15H2,1H3,(H,24,25)/b18-12-. The van der Waals surface area contributed by atoms with Gasteiger partial charge in [0.15, 0.2) is 18.1 Å². The van der Waals surface area contributed by atoms with E-state index in [1.165, 1.54) is 6.08 Å². The second-order valence-corrected chi connectivity index (χ2v) is 5.42. The van der Waals surface area contributed by atoms with Gasteiger partial charge in [-0.3, -0.25) is 4.79 Å². The molecule has 2 aromatic carbocycles. The lowest BCUT2D eigenvalue weighted by Crippen LogP contribution is -2.23. The molecule has 0 aliphatic heterocycles. The topological polar surface area (TPSA) is 95.1 Å². The van der Waals surface area contributed by atoms with Crippen LogP contribution in [0.15, 0.2) is 54.1 Å². The van der Waals surface area contributed by atoms with E-state index in [1.54, 1.807) is 18.2 Å². The summed E-state index contributed by atoms with van der Waals surface area (Å²) in [6, 6.07) is 18.3. The van der Waals surface area contributed by atoms with Crippen LogP contribution in [-0.2, 0) is 11.3 Å². The van der Waals surface area contributed by atoms with Gasteiger partial charge in [-0.2, -0.15) is 10.5 Å². The first-order chi connectivity index (χ1) is 13.2. The predicted molar refractivity (Wildman–Crippen MR) is 101 cm³/mol. The molecule has 0 radical (unpaired) electrons. The van der Waals surface area contributed by atoms with Crippen LogP contribution in [-0.4, -0.2) is 19.1 Å². The van der Waals surface area contributed by atoms with Crippen molar-refractivity contribution in [3.63, 3.8) is 0 Å². The fraction of sp³-hybridized carbons (Fsp3) is 0.190. The number of nitriles is 2. The summed E-state index contributed by atoms with van der Waals surface area (Å²) in [6.07, 6.45) is 1.48. The van der Waals surface area contributed by atoms with Gasteiger partial charge >= 0.3 is 0 Å². The first-order valence-corrected chi connectivity index (χ1v) is 8.38. The molecule has 0 atom stereocenters. The molecule has 1 N–H and O–H groups in total. The minimum atomic E-state index is -0.455. The third-order valence-corrected chi connectivity index (χ3v) is 3.53. The van der Waals surface area contributed by atoms with Gasteiger partial charge in [0.2, 0.25) is 0 Å². The molecule has 6 heteroatoms. The summed E-state index contributed by atoms with van der Waals surface area (Å²) in [7, 11) is 0. The normalized spacial score (nSPS) is 10.4. The minimum Gasteiger partial charge on any atom is -0.490 e. The van der Waals surface area contributed by atoms with Crippen LogP contribution in [0.1, 0.15) is 18.1 Å². The van der Waals surface area contributed by atoms with Gasteiger partial charge in [0.05, 0.1) is 6.61 Å². The maximum atomic E-state index is 12.3. The van der Waals surface area contributed by atoms with Crippen LogP contribution in [0.4, 0.5) is 0 Å². The van der Waals surface area contributed by atoms with E-state index in [4.69, 9.17) is 14.7 Å². The molecular formula is C21H19N3O3. The van der Waals surface area contributed by atoms with E-state index < -0.39 is 5.91 Å². The molecule has 0 saturated carbocycles. The Balaban J connectivity index is 2.15. The first-order valence-electron chi connectivity index (χ1n) is 8.38. The van der Waals surface area contributed by atoms with E-state index in [-0.39, 0.29) is 12.2 Å². The molecular weight excluding hydrogens is 342 g/mol. The van der Waals surface area contributed by atoms with E-state index in [0.29, 0.717) is 30.2 Å². The first kappa shape index (κ1) is 19.6. The molecule has 27 heavy (non-hydrogen) atoms. The fourth-order valence-corrected chi connectivity index (χ4v) is 2.30. The molecule has 0 aliphatic carbocycles. The number of carbonyl (C=O) groups excluding carboxylic acids is 1.